The van der Waals surface area contributed by atoms with Gasteiger partial charge in [-0.2, -0.15) is 13.2 Å². The molecule has 1 amide bonds. The third-order valence-corrected chi connectivity index (χ3v) is 5.81. The molecule has 2 aromatic carbocycles. The van der Waals surface area contributed by atoms with Crippen molar-refractivity contribution >= 4 is 11.6 Å². The van der Waals surface area contributed by atoms with Gasteiger partial charge in [0.2, 0.25) is 5.91 Å². The third kappa shape index (κ3) is 5.21. The lowest BCUT2D eigenvalue weighted by Gasteiger charge is -2.38. The highest BCUT2D eigenvalue weighted by atomic mass is 19.4. The number of carbonyl (C=O) groups excluding carboxylic acids is 1. The summed E-state index contributed by atoms with van der Waals surface area (Å²) in [5.74, 6) is -0.0777. The number of amides is 1. The third-order valence-electron chi connectivity index (χ3n) is 5.81. The number of nitrogens with zero attached hydrogens (tertiary/aromatic N) is 1. The molecule has 7 heteroatoms. The number of rotatable bonds is 5. The molecule has 0 aromatic heterocycles. The lowest BCUT2D eigenvalue weighted by atomic mass is 9.83. The fourth-order valence-electron chi connectivity index (χ4n) is 3.89. The number of hydrogen-bond acceptors (Lipinski definition) is 3. The van der Waals surface area contributed by atoms with Crippen LogP contribution in [-0.2, 0) is 16.6 Å². The molecule has 1 heterocycles. The van der Waals surface area contributed by atoms with E-state index < -0.39 is 17.3 Å². The van der Waals surface area contributed by atoms with Gasteiger partial charge in [0.25, 0.3) is 0 Å². The van der Waals surface area contributed by atoms with Crippen LogP contribution in [0.15, 0.2) is 42.5 Å². The monoisotopic (exact) mass is 420 g/mol. The summed E-state index contributed by atoms with van der Waals surface area (Å²) >= 11 is 0. The molecular weight excluding hydrogens is 393 g/mol. The van der Waals surface area contributed by atoms with Crippen molar-refractivity contribution in [3.63, 3.8) is 0 Å². The Morgan fingerprint density at radius 1 is 1.10 bits per heavy atom. The normalized spacial score (nSPS) is 17.0. The van der Waals surface area contributed by atoms with Crippen molar-refractivity contribution < 1.29 is 23.1 Å². The Morgan fingerprint density at radius 3 is 2.30 bits per heavy atom. The van der Waals surface area contributed by atoms with Crippen LogP contribution < -0.4 is 5.32 Å². The Hall–Kier alpha value is -2.38. The first-order valence-corrected chi connectivity index (χ1v) is 10.1. The van der Waals surface area contributed by atoms with Crippen LogP contribution in [-0.4, -0.2) is 35.5 Å². The highest BCUT2D eigenvalue weighted by molar-refractivity contribution is 5.92. The minimum Gasteiger partial charge on any atom is -0.385 e. The fraction of sp³-hybridized carbons (Fsp3) is 0.435. The molecule has 0 atom stereocenters. The number of aryl methyl sites for hydroxylation is 2. The minimum atomic E-state index is -4.43. The summed E-state index contributed by atoms with van der Waals surface area (Å²) in [4.78, 5) is 14.4. The van der Waals surface area contributed by atoms with Gasteiger partial charge in [-0.15, -0.1) is 0 Å². The summed E-state index contributed by atoms with van der Waals surface area (Å²) in [6, 6.07) is 10.8. The van der Waals surface area contributed by atoms with Gasteiger partial charge in [-0.25, -0.2) is 0 Å². The van der Waals surface area contributed by atoms with E-state index in [1.165, 1.54) is 6.07 Å². The summed E-state index contributed by atoms with van der Waals surface area (Å²) in [5, 5.41) is 13.9. The lowest BCUT2D eigenvalue weighted by Crippen LogP contribution is -2.43. The Bertz CT molecular complexity index is 883. The number of aliphatic hydroxyl groups is 1. The summed E-state index contributed by atoms with van der Waals surface area (Å²) < 4.78 is 38.9. The van der Waals surface area contributed by atoms with Crippen LogP contribution in [0.4, 0.5) is 18.9 Å². The number of piperidine rings is 1. The van der Waals surface area contributed by atoms with E-state index in [0.29, 0.717) is 44.5 Å². The molecule has 1 aliphatic rings. The molecule has 3 rings (SSSR count). The molecule has 0 saturated carbocycles. The Balaban J connectivity index is 1.54. The van der Waals surface area contributed by atoms with Gasteiger partial charge in [0.15, 0.2) is 0 Å². The first kappa shape index (κ1) is 22.3. The van der Waals surface area contributed by atoms with Gasteiger partial charge in [-0.05, 0) is 55.5 Å². The second kappa shape index (κ2) is 8.78. The number of benzene rings is 2. The fourth-order valence-corrected chi connectivity index (χ4v) is 3.89. The van der Waals surface area contributed by atoms with Crippen molar-refractivity contribution in [2.75, 3.05) is 25.0 Å². The van der Waals surface area contributed by atoms with E-state index in [1.807, 2.05) is 32.0 Å². The Labute approximate surface area is 174 Å². The molecule has 1 saturated heterocycles. The maximum absolute atomic E-state index is 13.0. The second-order valence-electron chi connectivity index (χ2n) is 8.02. The van der Waals surface area contributed by atoms with Crippen LogP contribution in [0.25, 0.3) is 0 Å². The van der Waals surface area contributed by atoms with Crippen LogP contribution in [0.5, 0.6) is 0 Å². The quantitative estimate of drug-likeness (QED) is 0.741. The van der Waals surface area contributed by atoms with Gasteiger partial charge < -0.3 is 15.3 Å². The number of alkyl halides is 3. The average molecular weight is 420 g/mol. The second-order valence-corrected chi connectivity index (χ2v) is 8.02. The SMILES string of the molecule is Cc1cccc(C)c1NC(=O)CCN1CCC(O)(c2cccc(C(F)(F)F)c2)CC1. The number of halogens is 3. The standard InChI is InChI=1S/C23H27F3N2O2/c1-16-5-3-6-17(2)21(16)27-20(29)9-12-28-13-10-22(30,11-14-28)18-7-4-8-19(15-18)23(24,25)26/h3-8,15,30H,9-14H2,1-2H3,(H,27,29). The van der Waals surface area contributed by atoms with Gasteiger partial charge in [-0.1, -0.05) is 30.3 Å². The minimum absolute atomic E-state index is 0.0777. The summed E-state index contributed by atoms with van der Waals surface area (Å²) in [7, 11) is 0. The van der Waals surface area contributed by atoms with E-state index >= 15 is 0 Å². The van der Waals surface area contributed by atoms with E-state index in [9.17, 15) is 23.1 Å². The van der Waals surface area contributed by atoms with Crippen molar-refractivity contribution in [2.24, 2.45) is 0 Å². The molecule has 1 aliphatic heterocycles. The van der Waals surface area contributed by atoms with Crippen LogP contribution in [0, 0.1) is 13.8 Å². The number of hydrogen-bond donors (Lipinski definition) is 2. The van der Waals surface area contributed by atoms with Crippen LogP contribution in [0.2, 0.25) is 0 Å². The van der Waals surface area contributed by atoms with Crippen molar-refractivity contribution in [3.05, 3.63) is 64.7 Å². The van der Waals surface area contributed by atoms with Crippen molar-refractivity contribution in [1.82, 2.24) is 4.90 Å². The van der Waals surface area contributed by atoms with Gasteiger partial charge in [0, 0.05) is 31.7 Å². The highest BCUT2D eigenvalue weighted by Crippen LogP contribution is 2.36. The van der Waals surface area contributed by atoms with Gasteiger partial charge in [-0.3, -0.25) is 4.79 Å². The number of nitrogens with one attached hydrogen (secondary N) is 1. The molecule has 2 aromatic rings. The molecule has 162 valence electrons. The van der Waals surface area contributed by atoms with E-state index in [-0.39, 0.29) is 5.91 Å². The van der Waals surface area contributed by atoms with Crippen molar-refractivity contribution in [1.29, 1.82) is 0 Å². The van der Waals surface area contributed by atoms with E-state index in [0.717, 1.165) is 28.9 Å². The van der Waals surface area contributed by atoms with Gasteiger partial charge >= 0.3 is 6.18 Å². The molecule has 30 heavy (non-hydrogen) atoms. The van der Waals surface area contributed by atoms with Crippen LogP contribution in [0.1, 0.15) is 41.5 Å². The highest BCUT2D eigenvalue weighted by Gasteiger charge is 2.37. The number of carbonyl (C=O) groups is 1. The van der Waals surface area contributed by atoms with Crippen LogP contribution in [0.3, 0.4) is 0 Å². The van der Waals surface area contributed by atoms with Crippen molar-refractivity contribution in [3.8, 4) is 0 Å². The molecule has 0 unspecified atom stereocenters. The van der Waals surface area contributed by atoms with Crippen molar-refractivity contribution in [2.45, 2.75) is 44.9 Å². The molecule has 1 fully saturated rings. The van der Waals surface area contributed by atoms with E-state index in [2.05, 4.69) is 10.2 Å². The molecule has 0 radical (unpaired) electrons. The molecular formula is C23H27F3N2O2. The summed E-state index contributed by atoms with van der Waals surface area (Å²) in [6.45, 7) is 5.46. The number of para-hydroxylation sites is 1. The summed E-state index contributed by atoms with van der Waals surface area (Å²) in [6.07, 6.45) is -3.47. The smallest absolute Gasteiger partial charge is 0.385 e. The van der Waals surface area contributed by atoms with E-state index in [1.54, 1.807) is 6.07 Å². The van der Waals surface area contributed by atoms with Crippen LogP contribution >= 0.6 is 0 Å². The molecule has 4 nitrogen and oxygen atoms in total. The zero-order valence-corrected chi connectivity index (χ0v) is 17.2. The predicted molar refractivity (Wildman–Crippen MR) is 110 cm³/mol. The topological polar surface area (TPSA) is 52.6 Å². The zero-order chi connectivity index (χ0) is 21.9. The molecule has 0 spiro atoms. The van der Waals surface area contributed by atoms with E-state index in [4.69, 9.17) is 0 Å². The first-order valence-electron chi connectivity index (χ1n) is 10.1. The van der Waals surface area contributed by atoms with Gasteiger partial charge in [0.05, 0.1) is 11.2 Å². The Morgan fingerprint density at radius 2 is 1.70 bits per heavy atom. The maximum Gasteiger partial charge on any atom is 0.416 e. The average Bonchev–Trinajstić information content (AvgIpc) is 2.70. The number of anilines is 1. The molecule has 0 aliphatic carbocycles. The van der Waals surface area contributed by atoms with Gasteiger partial charge in [0.1, 0.15) is 0 Å². The first-order chi connectivity index (χ1) is 14.1. The predicted octanol–water partition coefficient (Wildman–Crippen LogP) is 4.63. The molecule has 2 N–H and O–H groups in total. The lowest BCUT2D eigenvalue weighted by molar-refractivity contribution is -0.137. The number of likely N-dealkylation sites (tertiary alicyclic amines) is 1. The zero-order valence-electron chi connectivity index (χ0n) is 17.2. The molecule has 0 bridgehead atoms. The largest absolute Gasteiger partial charge is 0.416 e. The summed E-state index contributed by atoms with van der Waals surface area (Å²) in [5.41, 5.74) is 1.11. The Kier molecular flexibility index (Phi) is 6.53. The maximum atomic E-state index is 13.0.